The van der Waals surface area contributed by atoms with E-state index in [4.69, 9.17) is 5.11 Å². The summed E-state index contributed by atoms with van der Waals surface area (Å²) in [6.45, 7) is 7.57. The quantitative estimate of drug-likeness (QED) is 0.422. The molecule has 7 heteroatoms. The largest absolute Gasteiger partial charge is 0.395 e. The summed E-state index contributed by atoms with van der Waals surface area (Å²) in [5.74, 6) is -0.270. The zero-order chi connectivity index (χ0) is 22.1. The Bertz CT molecular complexity index is 762. The number of hydrogen-bond donors (Lipinski definition) is 3. The van der Waals surface area contributed by atoms with E-state index in [0.29, 0.717) is 19.3 Å². The molecule has 1 amide bonds. The highest BCUT2D eigenvalue weighted by molar-refractivity contribution is 7.91. The molecule has 166 valence electrons. The maximum atomic E-state index is 12.9. The third-order valence-corrected chi connectivity index (χ3v) is 7.41. The van der Waals surface area contributed by atoms with E-state index in [1.165, 1.54) is 5.56 Å². The molecule has 0 radical (unpaired) electrons. The SMILES string of the molecule is CCCc1cccc([C@@](C)(CCCC(C)(C)CS(=O)(=O)CCO)C(=O)NNC)c1. The molecular formula is C22H38N2O4S. The van der Waals surface area contributed by atoms with E-state index in [1.54, 1.807) is 7.05 Å². The average Bonchev–Trinajstić information content (AvgIpc) is 2.61. The number of aliphatic hydroxyl groups is 1. The van der Waals surface area contributed by atoms with Gasteiger partial charge in [-0.05, 0) is 42.7 Å². The number of benzene rings is 1. The van der Waals surface area contributed by atoms with Crippen LogP contribution < -0.4 is 10.9 Å². The molecule has 0 unspecified atom stereocenters. The second-order valence-corrected chi connectivity index (χ2v) is 11.0. The fraction of sp³-hybridized carbons (Fsp3) is 0.682. The summed E-state index contributed by atoms with van der Waals surface area (Å²) in [5.41, 5.74) is 6.51. The summed E-state index contributed by atoms with van der Waals surface area (Å²) in [5, 5.41) is 8.95. The Labute approximate surface area is 176 Å². The van der Waals surface area contributed by atoms with E-state index >= 15 is 0 Å². The lowest BCUT2D eigenvalue weighted by Crippen LogP contribution is -2.47. The van der Waals surface area contributed by atoms with E-state index in [2.05, 4.69) is 29.9 Å². The number of nitrogens with one attached hydrogen (secondary N) is 2. The van der Waals surface area contributed by atoms with Crippen molar-refractivity contribution in [2.45, 2.75) is 65.2 Å². The smallest absolute Gasteiger partial charge is 0.244 e. The molecule has 29 heavy (non-hydrogen) atoms. The third-order valence-electron chi connectivity index (χ3n) is 5.39. The van der Waals surface area contributed by atoms with Crippen LogP contribution in [0.5, 0.6) is 0 Å². The number of carbonyl (C=O) groups excluding carboxylic acids is 1. The molecule has 0 saturated heterocycles. The molecule has 1 rings (SSSR count). The Morgan fingerprint density at radius 2 is 1.86 bits per heavy atom. The predicted molar refractivity (Wildman–Crippen MR) is 118 cm³/mol. The number of sulfone groups is 1. The fourth-order valence-electron chi connectivity index (χ4n) is 3.80. The van der Waals surface area contributed by atoms with Crippen LogP contribution in [-0.4, -0.2) is 44.6 Å². The van der Waals surface area contributed by atoms with E-state index in [9.17, 15) is 13.2 Å². The van der Waals surface area contributed by atoms with Crippen molar-refractivity contribution in [1.82, 2.24) is 10.9 Å². The second kappa shape index (κ2) is 11.1. The molecule has 0 aromatic heterocycles. The summed E-state index contributed by atoms with van der Waals surface area (Å²) < 4.78 is 24.2. The number of hydrazine groups is 1. The summed E-state index contributed by atoms with van der Waals surface area (Å²) in [4.78, 5) is 12.9. The molecular weight excluding hydrogens is 388 g/mol. The molecule has 0 fully saturated rings. The van der Waals surface area contributed by atoms with E-state index in [1.807, 2.05) is 32.9 Å². The maximum absolute atomic E-state index is 12.9. The molecule has 0 bridgehead atoms. The fourth-order valence-corrected chi connectivity index (χ4v) is 5.56. The van der Waals surface area contributed by atoms with Gasteiger partial charge in [0.1, 0.15) is 0 Å². The molecule has 0 spiro atoms. The first-order chi connectivity index (χ1) is 13.5. The van der Waals surface area contributed by atoms with Crippen molar-refractivity contribution in [3.8, 4) is 0 Å². The van der Waals surface area contributed by atoms with Gasteiger partial charge in [0, 0.05) is 7.05 Å². The number of aryl methyl sites for hydroxylation is 1. The monoisotopic (exact) mass is 426 g/mol. The number of rotatable bonds is 13. The summed E-state index contributed by atoms with van der Waals surface area (Å²) in [6.07, 6.45) is 4.01. The van der Waals surface area contributed by atoms with E-state index in [-0.39, 0.29) is 24.0 Å². The van der Waals surface area contributed by atoms with Crippen molar-refractivity contribution in [2.24, 2.45) is 5.41 Å². The number of hydrogen-bond acceptors (Lipinski definition) is 5. The van der Waals surface area contributed by atoms with Crippen LogP contribution in [-0.2, 0) is 26.5 Å². The number of aliphatic hydroxyl groups excluding tert-OH is 1. The third kappa shape index (κ3) is 8.07. The highest BCUT2D eigenvalue weighted by Gasteiger charge is 2.36. The first-order valence-electron chi connectivity index (χ1n) is 10.4. The van der Waals surface area contributed by atoms with Crippen LogP contribution in [0.3, 0.4) is 0 Å². The Balaban J connectivity index is 2.97. The molecule has 1 aromatic carbocycles. The van der Waals surface area contributed by atoms with Crippen LogP contribution in [0.25, 0.3) is 0 Å². The van der Waals surface area contributed by atoms with Gasteiger partial charge in [-0.2, -0.15) is 0 Å². The molecule has 6 nitrogen and oxygen atoms in total. The first-order valence-corrected chi connectivity index (χ1v) is 12.2. The van der Waals surface area contributed by atoms with Crippen LogP contribution in [0.2, 0.25) is 0 Å². The molecule has 1 atom stereocenters. The van der Waals surface area contributed by atoms with Crippen molar-refractivity contribution in [2.75, 3.05) is 25.2 Å². The summed E-state index contributed by atoms with van der Waals surface area (Å²) in [6, 6.07) is 8.18. The normalized spacial score (nSPS) is 14.4. The zero-order valence-corrected chi connectivity index (χ0v) is 19.4. The molecule has 0 aliphatic carbocycles. The lowest BCUT2D eigenvalue weighted by molar-refractivity contribution is -0.127. The molecule has 1 aromatic rings. The lowest BCUT2D eigenvalue weighted by Gasteiger charge is -2.31. The van der Waals surface area contributed by atoms with E-state index in [0.717, 1.165) is 18.4 Å². The van der Waals surface area contributed by atoms with Gasteiger partial charge in [-0.15, -0.1) is 0 Å². The van der Waals surface area contributed by atoms with Crippen LogP contribution in [0.4, 0.5) is 0 Å². The van der Waals surface area contributed by atoms with Gasteiger partial charge in [0.2, 0.25) is 5.91 Å². The van der Waals surface area contributed by atoms with Crippen molar-refractivity contribution in [3.05, 3.63) is 35.4 Å². The minimum absolute atomic E-state index is 0.0337. The van der Waals surface area contributed by atoms with Crippen molar-refractivity contribution < 1.29 is 18.3 Å². The van der Waals surface area contributed by atoms with Gasteiger partial charge in [-0.25, -0.2) is 13.8 Å². The van der Waals surface area contributed by atoms with Gasteiger partial charge in [0.25, 0.3) is 0 Å². The minimum Gasteiger partial charge on any atom is -0.395 e. The highest BCUT2D eigenvalue weighted by atomic mass is 32.2. The molecule has 0 heterocycles. The summed E-state index contributed by atoms with van der Waals surface area (Å²) >= 11 is 0. The van der Waals surface area contributed by atoms with Gasteiger partial charge >= 0.3 is 0 Å². The van der Waals surface area contributed by atoms with Crippen molar-refractivity contribution in [3.63, 3.8) is 0 Å². The van der Waals surface area contributed by atoms with Crippen molar-refractivity contribution in [1.29, 1.82) is 0 Å². The van der Waals surface area contributed by atoms with E-state index < -0.39 is 20.7 Å². The molecule has 3 N–H and O–H groups in total. The Morgan fingerprint density at radius 3 is 2.45 bits per heavy atom. The summed E-state index contributed by atoms with van der Waals surface area (Å²) in [7, 11) is -1.62. The number of carbonyl (C=O) groups is 1. The lowest BCUT2D eigenvalue weighted by atomic mass is 9.75. The first kappa shape index (κ1) is 25.6. The predicted octanol–water partition coefficient (Wildman–Crippen LogP) is 2.75. The van der Waals surface area contributed by atoms with Gasteiger partial charge in [0.15, 0.2) is 9.84 Å². The minimum atomic E-state index is -3.28. The van der Waals surface area contributed by atoms with Crippen LogP contribution in [0.1, 0.15) is 64.5 Å². The topological polar surface area (TPSA) is 95.5 Å². The standard InChI is InChI=1S/C22H38N2O4S/c1-6-9-18-10-7-11-19(16-18)22(4,20(26)24-23-5)13-8-12-21(2,3)17-29(27,28)15-14-25/h7,10-11,16,23,25H,6,8-9,12-15,17H2,1-5H3,(H,24,26)/t22-/m1/s1. The van der Waals surface area contributed by atoms with Gasteiger partial charge in [-0.3, -0.25) is 10.2 Å². The Hall–Kier alpha value is -1.44. The van der Waals surface area contributed by atoms with Crippen LogP contribution in [0, 0.1) is 5.41 Å². The van der Waals surface area contributed by atoms with Crippen LogP contribution >= 0.6 is 0 Å². The second-order valence-electron chi connectivity index (χ2n) is 8.82. The van der Waals surface area contributed by atoms with Gasteiger partial charge in [0.05, 0.1) is 23.5 Å². The zero-order valence-electron chi connectivity index (χ0n) is 18.5. The Kier molecular flexibility index (Phi) is 9.79. The Morgan fingerprint density at radius 1 is 1.17 bits per heavy atom. The number of amides is 1. The average molecular weight is 427 g/mol. The molecule has 0 saturated carbocycles. The van der Waals surface area contributed by atoms with Gasteiger partial charge in [-0.1, -0.05) is 57.9 Å². The van der Waals surface area contributed by atoms with Crippen molar-refractivity contribution >= 4 is 15.7 Å². The maximum Gasteiger partial charge on any atom is 0.244 e. The van der Waals surface area contributed by atoms with Crippen LogP contribution in [0.15, 0.2) is 24.3 Å². The molecule has 0 aliphatic heterocycles. The highest BCUT2D eigenvalue weighted by Crippen LogP contribution is 2.34. The van der Waals surface area contributed by atoms with Gasteiger partial charge < -0.3 is 5.11 Å². The molecule has 0 aliphatic rings.